The SMILES string of the molecule is Nc1ccnc(C(=O)Nc2ccc(Cl)cn2)c1. The third-order valence-electron chi connectivity index (χ3n) is 1.99. The third-order valence-corrected chi connectivity index (χ3v) is 2.21. The lowest BCUT2D eigenvalue weighted by atomic mass is 10.3. The second-order valence-corrected chi connectivity index (χ2v) is 3.73. The maximum absolute atomic E-state index is 11.7. The van der Waals surface area contributed by atoms with Crippen molar-refractivity contribution in [1.82, 2.24) is 9.97 Å². The summed E-state index contributed by atoms with van der Waals surface area (Å²) in [5.74, 6) is 0.0377. The number of hydrogen-bond acceptors (Lipinski definition) is 4. The van der Waals surface area contributed by atoms with Gasteiger partial charge in [0.05, 0.1) is 5.02 Å². The van der Waals surface area contributed by atoms with Crippen molar-refractivity contribution in [3.8, 4) is 0 Å². The van der Waals surface area contributed by atoms with Crippen LogP contribution in [0.2, 0.25) is 5.02 Å². The average Bonchev–Trinajstić information content (AvgIpc) is 2.32. The minimum absolute atomic E-state index is 0.238. The second-order valence-electron chi connectivity index (χ2n) is 3.29. The molecule has 0 aliphatic rings. The lowest BCUT2D eigenvalue weighted by Crippen LogP contribution is -2.14. The Morgan fingerprint density at radius 2 is 2.12 bits per heavy atom. The number of halogens is 1. The fourth-order valence-electron chi connectivity index (χ4n) is 1.20. The number of carbonyl (C=O) groups excluding carboxylic acids is 1. The van der Waals surface area contributed by atoms with Gasteiger partial charge in [0, 0.05) is 18.1 Å². The van der Waals surface area contributed by atoms with E-state index in [4.69, 9.17) is 17.3 Å². The predicted octanol–water partition coefficient (Wildman–Crippen LogP) is 1.96. The van der Waals surface area contributed by atoms with Gasteiger partial charge < -0.3 is 11.1 Å². The Kier molecular flexibility index (Phi) is 3.20. The van der Waals surface area contributed by atoms with E-state index in [9.17, 15) is 4.79 Å². The number of aromatic nitrogens is 2. The highest BCUT2D eigenvalue weighted by Gasteiger charge is 2.08. The van der Waals surface area contributed by atoms with Crippen LogP contribution in [-0.4, -0.2) is 15.9 Å². The molecular weight excluding hydrogens is 240 g/mol. The highest BCUT2D eigenvalue weighted by Crippen LogP contribution is 2.11. The van der Waals surface area contributed by atoms with Crippen molar-refractivity contribution in [2.75, 3.05) is 11.1 Å². The maximum atomic E-state index is 11.7. The smallest absolute Gasteiger partial charge is 0.275 e. The molecule has 0 aliphatic carbocycles. The lowest BCUT2D eigenvalue weighted by molar-refractivity contribution is 0.102. The molecule has 2 aromatic rings. The van der Waals surface area contributed by atoms with E-state index in [1.807, 2.05) is 0 Å². The molecule has 0 aliphatic heterocycles. The maximum Gasteiger partial charge on any atom is 0.275 e. The Hall–Kier alpha value is -2.14. The van der Waals surface area contributed by atoms with Crippen LogP contribution in [0.4, 0.5) is 11.5 Å². The van der Waals surface area contributed by atoms with Crippen molar-refractivity contribution in [2.45, 2.75) is 0 Å². The molecule has 0 aromatic carbocycles. The summed E-state index contributed by atoms with van der Waals surface area (Å²) in [4.78, 5) is 19.6. The topological polar surface area (TPSA) is 80.9 Å². The number of rotatable bonds is 2. The molecular formula is C11H9ClN4O. The van der Waals surface area contributed by atoms with Crippen LogP contribution in [0, 0.1) is 0 Å². The number of anilines is 2. The summed E-state index contributed by atoms with van der Waals surface area (Å²) < 4.78 is 0. The molecule has 0 fully saturated rings. The minimum Gasteiger partial charge on any atom is -0.399 e. The molecule has 17 heavy (non-hydrogen) atoms. The Morgan fingerprint density at radius 1 is 1.29 bits per heavy atom. The first-order valence-corrected chi connectivity index (χ1v) is 5.17. The molecule has 6 heteroatoms. The van der Waals surface area contributed by atoms with E-state index >= 15 is 0 Å². The van der Waals surface area contributed by atoms with Gasteiger partial charge >= 0.3 is 0 Å². The van der Waals surface area contributed by atoms with Gasteiger partial charge in [-0.1, -0.05) is 11.6 Å². The number of pyridine rings is 2. The monoisotopic (exact) mass is 248 g/mol. The lowest BCUT2D eigenvalue weighted by Gasteiger charge is -2.03. The summed E-state index contributed by atoms with van der Waals surface area (Å²) >= 11 is 5.68. The van der Waals surface area contributed by atoms with Gasteiger partial charge in [0.1, 0.15) is 11.5 Å². The molecule has 0 radical (unpaired) electrons. The van der Waals surface area contributed by atoms with Crippen LogP contribution in [-0.2, 0) is 0 Å². The van der Waals surface area contributed by atoms with E-state index < -0.39 is 0 Å². The summed E-state index contributed by atoms with van der Waals surface area (Å²) in [7, 11) is 0. The van der Waals surface area contributed by atoms with Gasteiger partial charge in [-0.2, -0.15) is 0 Å². The van der Waals surface area contributed by atoms with Gasteiger partial charge in [0.2, 0.25) is 0 Å². The van der Waals surface area contributed by atoms with Crippen molar-refractivity contribution in [2.24, 2.45) is 0 Å². The number of hydrogen-bond donors (Lipinski definition) is 2. The van der Waals surface area contributed by atoms with Crippen LogP contribution in [0.25, 0.3) is 0 Å². The summed E-state index contributed by atoms with van der Waals surface area (Å²) in [6, 6.07) is 6.34. The second kappa shape index (κ2) is 4.80. The third kappa shape index (κ3) is 2.92. The normalized spacial score (nSPS) is 9.94. The molecule has 86 valence electrons. The molecule has 0 bridgehead atoms. The van der Waals surface area contributed by atoms with Gasteiger partial charge in [0.25, 0.3) is 5.91 Å². The average molecular weight is 249 g/mol. The van der Waals surface area contributed by atoms with Crippen molar-refractivity contribution < 1.29 is 4.79 Å². The fourth-order valence-corrected chi connectivity index (χ4v) is 1.31. The van der Waals surface area contributed by atoms with E-state index in [-0.39, 0.29) is 11.6 Å². The number of amides is 1. The zero-order valence-electron chi connectivity index (χ0n) is 8.72. The highest BCUT2D eigenvalue weighted by molar-refractivity contribution is 6.30. The van der Waals surface area contributed by atoms with Crippen molar-refractivity contribution in [1.29, 1.82) is 0 Å². The van der Waals surface area contributed by atoms with Gasteiger partial charge in [-0.15, -0.1) is 0 Å². The first-order chi connectivity index (χ1) is 8.15. The van der Waals surface area contributed by atoms with E-state index in [0.29, 0.717) is 16.5 Å². The number of nitrogens with one attached hydrogen (secondary N) is 1. The molecule has 2 rings (SSSR count). The van der Waals surface area contributed by atoms with E-state index in [0.717, 1.165) is 0 Å². The summed E-state index contributed by atoms with van der Waals surface area (Å²) in [5.41, 5.74) is 6.28. The predicted molar refractivity (Wildman–Crippen MR) is 65.8 cm³/mol. The fraction of sp³-hybridized carbons (Fsp3) is 0. The number of nitrogens with two attached hydrogens (primary N) is 1. The van der Waals surface area contributed by atoms with Crippen molar-refractivity contribution in [3.05, 3.63) is 47.4 Å². The minimum atomic E-state index is -0.368. The highest BCUT2D eigenvalue weighted by atomic mass is 35.5. The van der Waals surface area contributed by atoms with E-state index in [2.05, 4.69) is 15.3 Å². The van der Waals surface area contributed by atoms with Crippen LogP contribution >= 0.6 is 11.6 Å². The summed E-state index contributed by atoms with van der Waals surface area (Å²) in [6.07, 6.45) is 2.92. The molecule has 0 saturated heterocycles. The molecule has 2 aromatic heterocycles. The standard InChI is InChI=1S/C11H9ClN4O/c12-7-1-2-10(15-6-7)16-11(17)9-5-8(13)3-4-14-9/h1-6H,(H2,13,14)(H,15,16,17). The summed E-state index contributed by atoms with van der Waals surface area (Å²) in [6.45, 7) is 0. The van der Waals surface area contributed by atoms with E-state index in [1.54, 1.807) is 18.2 Å². The Labute approximate surface area is 103 Å². The van der Waals surface area contributed by atoms with Crippen molar-refractivity contribution >= 4 is 29.0 Å². The molecule has 5 nitrogen and oxygen atoms in total. The van der Waals surface area contributed by atoms with Gasteiger partial charge in [-0.3, -0.25) is 9.78 Å². The molecule has 2 heterocycles. The molecule has 0 spiro atoms. The zero-order valence-corrected chi connectivity index (χ0v) is 9.48. The largest absolute Gasteiger partial charge is 0.399 e. The molecule has 0 atom stereocenters. The van der Waals surface area contributed by atoms with Crippen molar-refractivity contribution in [3.63, 3.8) is 0 Å². The quantitative estimate of drug-likeness (QED) is 0.851. The first kappa shape index (κ1) is 11.3. The van der Waals surface area contributed by atoms with Crippen LogP contribution in [0.3, 0.4) is 0 Å². The molecule has 0 saturated carbocycles. The van der Waals surface area contributed by atoms with Crippen LogP contribution < -0.4 is 11.1 Å². The number of nitrogen functional groups attached to an aromatic ring is 1. The number of nitrogens with zero attached hydrogens (tertiary/aromatic N) is 2. The Bertz CT molecular complexity index is 541. The van der Waals surface area contributed by atoms with Gasteiger partial charge in [-0.25, -0.2) is 4.98 Å². The van der Waals surface area contributed by atoms with E-state index in [1.165, 1.54) is 18.5 Å². The Balaban J connectivity index is 2.14. The van der Waals surface area contributed by atoms with Crippen LogP contribution in [0.5, 0.6) is 0 Å². The van der Waals surface area contributed by atoms with Gasteiger partial charge in [0.15, 0.2) is 0 Å². The zero-order chi connectivity index (χ0) is 12.3. The molecule has 3 N–H and O–H groups in total. The number of carbonyl (C=O) groups is 1. The van der Waals surface area contributed by atoms with Crippen LogP contribution in [0.1, 0.15) is 10.5 Å². The molecule has 0 unspecified atom stereocenters. The molecule has 1 amide bonds. The van der Waals surface area contributed by atoms with Gasteiger partial charge in [-0.05, 0) is 24.3 Å². The Morgan fingerprint density at radius 3 is 2.76 bits per heavy atom. The van der Waals surface area contributed by atoms with Crippen LogP contribution in [0.15, 0.2) is 36.7 Å². The first-order valence-electron chi connectivity index (χ1n) is 4.79. The summed E-state index contributed by atoms with van der Waals surface area (Å²) in [5, 5.41) is 3.09.